The van der Waals surface area contributed by atoms with E-state index in [0.717, 1.165) is 72.0 Å². The van der Waals surface area contributed by atoms with Crippen molar-refractivity contribution in [3.05, 3.63) is 456 Å². The molecule has 0 aliphatic carbocycles. The van der Waals surface area contributed by atoms with Crippen molar-refractivity contribution in [2.45, 2.75) is 0 Å². The third kappa shape index (κ3) is 13.5. The van der Waals surface area contributed by atoms with Crippen LogP contribution in [-0.4, -0.2) is 43.6 Å². The summed E-state index contributed by atoms with van der Waals surface area (Å²) in [4.78, 5) is 29.5. The fourth-order valence-corrected chi connectivity index (χ4v) is 17.9. The summed E-state index contributed by atoms with van der Waals surface area (Å²) in [6, 6.07) is 148. The molecule has 18 aromatic carbocycles. The minimum atomic E-state index is 0.667. The van der Waals surface area contributed by atoms with Crippen molar-refractivity contribution in [1.29, 1.82) is 0 Å². The number of benzene rings is 18. The summed E-state index contributed by atoms with van der Waals surface area (Å²) in [7, 11) is 0. The molecule has 6 heterocycles. The lowest BCUT2D eigenvalue weighted by atomic mass is 9.94. The van der Waals surface area contributed by atoms with E-state index in [1.54, 1.807) is 0 Å². The molecule has 576 valence electrons. The third-order valence-electron chi connectivity index (χ3n) is 23.8. The van der Waals surface area contributed by atoms with E-state index < -0.39 is 0 Å². The highest BCUT2D eigenvalue weighted by molar-refractivity contribution is 6.21. The Balaban J connectivity index is 0.000000110. The molecule has 9 heteroatoms. The third-order valence-corrected chi connectivity index (χ3v) is 23.8. The fourth-order valence-electron chi connectivity index (χ4n) is 17.9. The molecular formula is C114H75N9. The predicted molar refractivity (Wildman–Crippen MR) is 511 cm³/mol. The van der Waals surface area contributed by atoms with Crippen LogP contribution in [0.4, 0.5) is 0 Å². The molecule has 24 aromatic rings. The van der Waals surface area contributed by atoms with Crippen molar-refractivity contribution in [1.82, 2.24) is 43.6 Å². The van der Waals surface area contributed by atoms with Crippen molar-refractivity contribution in [3.63, 3.8) is 0 Å². The summed E-state index contributed by atoms with van der Waals surface area (Å²) in [6.45, 7) is 0. The zero-order valence-corrected chi connectivity index (χ0v) is 66.8. The second-order valence-corrected chi connectivity index (χ2v) is 30.9. The van der Waals surface area contributed by atoms with Gasteiger partial charge in [-0.25, -0.2) is 29.9 Å². The topological polar surface area (TPSA) is 92.1 Å². The maximum absolute atomic E-state index is 4.96. The van der Waals surface area contributed by atoms with Crippen LogP contribution >= 0.6 is 0 Å². The van der Waals surface area contributed by atoms with Crippen LogP contribution in [0.2, 0.25) is 0 Å². The van der Waals surface area contributed by atoms with Gasteiger partial charge in [-0.15, -0.1) is 0 Å². The second-order valence-electron chi connectivity index (χ2n) is 30.9. The molecule has 123 heavy (non-hydrogen) atoms. The lowest BCUT2D eigenvalue weighted by molar-refractivity contribution is 0.992. The minimum Gasteiger partial charge on any atom is -0.277 e. The minimum absolute atomic E-state index is 0.667. The van der Waals surface area contributed by atoms with Crippen LogP contribution in [0.1, 0.15) is 0 Å². The molecule has 0 N–H and O–H groups in total. The first kappa shape index (κ1) is 72.8. The first-order valence-corrected chi connectivity index (χ1v) is 41.5. The van der Waals surface area contributed by atoms with Gasteiger partial charge in [0.2, 0.25) is 17.8 Å². The van der Waals surface area contributed by atoms with Gasteiger partial charge in [0.05, 0.1) is 33.1 Å². The van der Waals surface area contributed by atoms with E-state index in [9.17, 15) is 0 Å². The zero-order valence-electron chi connectivity index (χ0n) is 66.8. The van der Waals surface area contributed by atoms with Crippen LogP contribution in [0.3, 0.4) is 0 Å². The molecule has 6 aromatic heterocycles. The summed E-state index contributed by atoms with van der Waals surface area (Å²) in [5.74, 6) is 2.01. The monoisotopic (exact) mass is 1570 g/mol. The van der Waals surface area contributed by atoms with Crippen molar-refractivity contribution < 1.29 is 0 Å². The van der Waals surface area contributed by atoms with Crippen molar-refractivity contribution >= 4 is 97.7 Å². The largest absolute Gasteiger partial charge is 0.277 e. The Hall–Kier alpha value is -16.6. The molecule has 0 aliphatic rings. The van der Waals surface area contributed by atoms with Crippen molar-refractivity contribution in [2.24, 2.45) is 0 Å². The van der Waals surface area contributed by atoms with Crippen LogP contribution in [-0.2, 0) is 0 Å². The zero-order chi connectivity index (χ0) is 81.5. The molecule has 0 atom stereocenters. The van der Waals surface area contributed by atoms with E-state index in [2.05, 4.69) is 420 Å². The predicted octanol–water partition coefficient (Wildman–Crippen LogP) is 29.2. The van der Waals surface area contributed by atoms with Gasteiger partial charge in [0.1, 0.15) is 0 Å². The van der Waals surface area contributed by atoms with Crippen LogP contribution < -0.4 is 0 Å². The van der Waals surface area contributed by atoms with Gasteiger partial charge >= 0.3 is 0 Å². The summed E-state index contributed by atoms with van der Waals surface area (Å²) >= 11 is 0. The number of aromatic nitrogens is 9. The standard InChI is InChI=1S/3C38H25N3/c1-2-11-26(12-3-1)28-14-10-15-29(23-28)31-16-6-7-17-32(31)30-24-39-38(40-25-30)41-36-20-9-8-19-34(36)35-22-21-27-13-4-5-18-33(27)37(35)41;1-2-10-27(11-3-1)31-13-6-7-14-32(31)29-20-18-26(19-21-29)30-24-39-38(40-25-30)41-36-17-9-8-16-34(36)35-23-22-28-12-4-5-15-33(28)37(35)41;1-2-9-26(10-3-1)30-12-8-13-31(23-30)27-17-19-28(20-18-27)32-24-39-38(40-25-32)41-36-16-7-6-15-34(36)35-22-21-29-11-4-5-14-33(29)37(35)41/h3*1-25H. The molecule has 0 amide bonds. The highest BCUT2D eigenvalue weighted by Gasteiger charge is 2.22. The molecule has 0 saturated carbocycles. The summed E-state index contributed by atoms with van der Waals surface area (Å²) in [5.41, 5.74) is 27.4. The Bertz CT molecular complexity index is 8060. The Labute approximate surface area is 710 Å². The Kier molecular flexibility index (Phi) is 18.8. The van der Waals surface area contributed by atoms with Gasteiger partial charge in [0.25, 0.3) is 0 Å². The first-order valence-electron chi connectivity index (χ1n) is 41.5. The van der Waals surface area contributed by atoms with Crippen molar-refractivity contribution in [3.8, 4) is 118 Å². The lowest BCUT2D eigenvalue weighted by Crippen LogP contribution is -2.01. The SMILES string of the molecule is c1ccc(-c2cccc(-c3ccc(-c4cnc(-n5c6ccccc6c6ccc7ccccc7c65)nc4)cc3)c2)cc1.c1ccc(-c2cccc(-c3ccccc3-c3cnc(-n4c5ccccc5c5ccc6ccccc6c54)nc3)c2)cc1.c1ccc(-c2ccccc2-c2ccc(-c3cnc(-n4c5ccccc5c5ccc6ccccc6c54)nc3)cc2)cc1. The Morgan fingerprint density at radius 1 is 0.138 bits per heavy atom. The highest BCUT2D eigenvalue weighted by atomic mass is 15.2. The number of hydrogen-bond donors (Lipinski definition) is 0. The van der Waals surface area contributed by atoms with E-state index in [4.69, 9.17) is 29.9 Å². The summed E-state index contributed by atoms with van der Waals surface area (Å²) in [6.07, 6.45) is 11.6. The van der Waals surface area contributed by atoms with Gasteiger partial charge in [-0.3, -0.25) is 13.7 Å². The molecule has 9 nitrogen and oxygen atoms in total. The van der Waals surface area contributed by atoms with E-state index >= 15 is 0 Å². The normalized spacial score (nSPS) is 11.4. The van der Waals surface area contributed by atoms with Gasteiger partial charge in [0, 0.05) is 102 Å². The molecule has 24 rings (SSSR count). The Morgan fingerprint density at radius 2 is 0.374 bits per heavy atom. The second kappa shape index (κ2) is 31.7. The molecule has 0 saturated heterocycles. The molecule has 0 aliphatic heterocycles. The van der Waals surface area contributed by atoms with Crippen LogP contribution in [0.25, 0.3) is 216 Å². The van der Waals surface area contributed by atoms with E-state index in [1.165, 1.54) is 126 Å². The van der Waals surface area contributed by atoms with Crippen LogP contribution in [0.5, 0.6) is 0 Å². The van der Waals surface area contributed by atoms with Crippen LogP contribution in [0.15, 0.2) is 456 Å². The van der Waals surface area contributed by atoms with Gasteiger partial charge in [0.15, 0.2) is 0 Å². The number of hydrogen-bond acceptors (Lipinski definition) is 6. The molecule has 0 spiro atoms. The maximum atomic E-state index is 4.96. The molecule has 0 fully saturated rings. The number of fused-ring (bicyclic) bond motifs is 15. The number of para-hydroxylation sites is 3. The van der Waals surface area contributed by atoms with Crippen LogP contribution in [0, 0.1) is 0 Å². The average Bonchev–Trinajstić information content (AvgIpc) is 1.59. The number of nitrogens with zero attached hydrogens (tertiary/aromatic N) is 9. The van der Waals surface area contributed by atoms with E-state index in [1.807, 2.05) is 49.3 Å². The maximum Gasteiger partial charge on any atom is 0.234 e. The number of rotatable bonds is 12. The average molecular weight is 1570 g/mol. The van der Waals surface area contributed by atoms with E-state index in [0.29, 0.717) is 17.8 Å². The summed E-state index contributed by atoms with van der Waals surface area (Å²) < 4.78 is 6.59. The lowest BCUT2D eigenvalue weighted by Gasteiger charge is -2.12. The van der Waals surface area contributed by atoms with E-state index in [-0.39, 0.29) is 0 Å². The molecular weight excluding hydrogens is 1500 g/mol. The quantitative estimate of drug-likeness (QED) is 0.121. The Morgan fingerprint density at radius 3 is 0.740 bits per heavy atom. The first-order chi connectivity index (χ1) is 61.0. The smallest absolute Gasteiger partial charge is 0.234 e. The van der Waals surface area contributed by atoms with Gasteiger partial charge in [-0.2, -0.15) is 0 Å². The molecule has 0 unspecified atom stereocenters. The van der Waals surface area contributed by atoms with Gasteiger partial charge in [-0.05, 0) is 130 Å². The van der Waals surface area contributed by atoms with Crippen molar-refractivity contribution in [2.75, 3.05) is 0 Å². The van der Waals surface area contributed by atoms with Gasteiger partial charge in [-0.1, -0.05) is 388 Å². The fraction of sp³-hybridized carbons (Fsp3) is 0. The van der Waals surface area contributed by atoms with Gasteiger partial charge < -0.3 is 0 Å². The highest BCUT2D eigenvalue weighted by Crippen LogP contribution is 2.43. The molecule has 0 radical (unpaired) electrons. The summed E-state index contributed by atoms with van der Waals surface area (Å²) in [5, 5.41) is 14.4. The molecule has 0 bridgehead atoms.